The van der Waals surface area contributed by atoms with Gasteiger partial charge in [-0.3, -0.25) is 9.59 Å². The monoisotopic (exact) mass is 468 g/mol. The molecule has 0 fully saturated rings. The summed E-state index contributed by atoms with van der Waals surface area (Å²) in [4.78, 5) is 37.0. The van der Waals surface area contributed by atoms with Gasteiger partial charge in [0.1, 0.15) is 0 Å². The normalized spacial score (nSPS) is 11.5. The number of thioether (sulfide) groups is 1. The average molecular weight is 469 g/mol. The Morgan fingerprint density at radius 3 is 2.41 bits per heavy atom. The van der Waals surface area contributed by atoms with E-state index in [0.29, 0.717) is 11.3 Å². The number of anilines is 2. The smallest absolute Gasteiger partial charge is 0.335 e. The van der Waals surface area contributed by atoms with Crippen LogP contribution in [0.3, 0.4) is 0 Å². The number of halogens is 1. The summed E-state index contributed by atoms with van der Waals surface area (Å²) in [6, 6.07) is 18.6. The number of rotatable bonds is 7. The molecule has 0 spiro atoms. The standard InChI is InChI=1S/C24H21ClN2O4S/c1-14-5-3-6-16(11-14)23(29)26-18-7-4-8-19(13-18)32-15(2)22(28)27-21-12-17(24(30)31)9-10-20(21)25/h3-13,15H,1-2H3,(H,26,29)(H,27,28)(H,30,31). The fourth-order valence-electron chi connectivity index (χ4n) is 2.88. The Hall–Kier alpha value is -3.29. The van der Waals surface area contributed by atoms with E-state index in [0.717, 1.165) is 10.5 Å². The maximum Gasteiger partial charge on any atom is 0.335 e. The highest BCUT2D eigenvalue weighted by atomic mass is 35.5. The summed E-state index contributed by atoms with van der Waals surface area (Å²) in [6.45, 7) is 3.65. The predicted molar refractivity (Wildman–Crippen MR) is 128 cm³/mol. The Bertz CT molecular complexity index is 1180. The van der Waals surface area contributed by atoms with Crippen LogP contribution in [-0.2, 0) is 4.79 Å². The minimum absolute atomic E-state index is 0.0297. The Morgan fingerprint density at radius 1 is 0.938 bits per heavy atom. The van der Waals surface area contributed by atoms with Crippen molar-refractivity contribution in [3.05, 3.63) is 88.4 Å². The van der Waals surface area contributed by atoms with E-state index in [2.05, 4.69) is 10.6 Å². The Morgan fingerprint density at radius 2 is 1.69 bits per heavy atom. The lowest BCUT2D eigenvalue weighted by Gasteiger charge is -2.14. The lowest BCUT2D eigenvalue weighted by molar-refractivity contribution is -0.115. The van der Waals surface area contributed by atoms with Gasteiger partial charge < -0.3 is 15.7 Å². The first-order valence-corrected chi connectivity index (χ1v) is 11.0. The molecule has 2 amide bonds. The summed E-state index contributed by atoms with van der Waals surface area (Å²) in [5.74, 6) is -1.65. The van der Waals surface area contributed by atoms with E-state index in [9.17, 15) is 14.4 Å². The van der Waals surface area contributed by atoms with E-state index >= 15 is 0 Å². The van der Waals surface area contributed by atoms with Crippen LogP contribution in [0, 0.1) is 6.92 Å². The van der Waals surface area contributed by atoms with Gasteiger partial charge in [-0.05, 0) is 62.4 Å². The molecular weight excluding hydrogens is 448 g/mol. The van der Waals surface area contributed by atoms with Crippen LogP contribution in [-0.4, -0.2) is 28.1 Å². The summed E-state index contributed by atoms with van der Waals surface area (Å²) < 4.78 is 0. The maximum absolute atomic E-state index is 12.6. The highest BCUT2D eigenvalue weighted by molar-refractivity contribution is 8.00. The van der Waals surface area contributed by atoms with Crippen molar-refractivity contribution in [2.24, 2.45) is 0 Å². The molecule has 8 heteroatoms. The van der Waals surface area contributed by atoms with Gasteiger partial charge in [0.2, 0.25) is 5.91 Å². The van der Waals surface area contributed by atoms with Gasteiger partial charge in [0.25, 0.3) is 5.91 Å². The van der Waals surface area contributed by atoms with Crippen molar-refractivity contribution in [3.63, 3.8) is 0 Å². The van der Waals surface area contributed by atoms with Gasteiger partial charge in [0.05, 0.1) is 21.5 Å². The van der Waals surface area contributed by atoms with E-state index in [-0.39, 0.29) is 28.1 Å². The van der Waals surface area contributed by atoms with Crippen molar-refractivity contribution in [3.8, 4) is 0 Å². The number of nitrogens with one attached hydrogen (secondary N) is 2. The van der Waals surface area contributed by atoms with E-state index in [1.165, 1.54) is 30.0 Å². The van der Waals surface area contributed by atoms with Crippen LogP contribution in [0.4, 0.5) is 11.4 Å². The topological polar surface area (TPSA) is 95.5 Å². The van der Waals surface area contributed by atoms with Gasteiger partial charge >= 0.3 is 5.97 Å². The quantitative estimate of drug-likeness (QED) is 0.385. The van der Waals surface area contributed by atoms with Crippen molar-refractivity contribution >= 4 is 52.5 Å². The first-order valence-electron chi connectivity index (χ1n) is 9.71. The number of hydrogen-bond donors (Lipinski definition) is 3. The fourth-order valence-corrected chi connectivity index (χ4v) is 3.97. The molecule has 0 aromatic heterocycles. The van der Waals surface area contributed by atoms with Crippen LogP contribution in [0.5, 0.6) is 0 Å². The van der Waals surface area contributed by atoms with Gasteiger partial charge in [-0.1, -0.05) is 35.4 Å². The minimum Gasteiger partial charge on any atom is -0.478 e. The molecule has 0 bridgehead atoms. The molecule has 3 rings (SSSR count). The van der Waals surface area contributed by atoms with Crippen LogP contribution in [0.25, 0.3) is 0 Å². The summed E-state index contributed by atoms with van der Waals surface area (Å²) >= 11 is 7.39. The lowest BCUT2D eigenvalue weighted by Crippen LogP contribution is -2.22. The zero-order valence-electron chi connectivity index (χ0n) is 17.4. The molecular formula is C24H21ClN2O4S. The van der Waals surface area contributed by atoms with E-state index < -0.39 is 11.2 Å². The highest BCUT2D eigenvalue weighted by Crippen LogP contribution is 2.28. The number of hydrogen-bond acceptors (Lipinski definition) is 4. The van der Waals surface area contributed by atoms with E-state index in [1.807, 2.05) is 31.2 Å². The number of carboxylic acids is 1. The van der Waals surface area contributed by atoms with Crippen molar-refractivity contribution in [1.82, 2.24) is 0 Å². The van der Waals surface area contributed by atoms with Crippen LogP contribution < -0.4 is 10.6 Å². The molecule has 3 aromatic rings. The molecule has 0 aliphatic rings. The number of carbonyl (C=O) groups excluding carboxylic acids is 2. The number of aromatic carboxylic acids is 1. The molecule has 0 aliphatic carbocycles. The van der Waals surface area contributed by atoms with Gasteiger partial charge in [0, 0.05) is 16.1 Å². The van der Waals surface area contributed by atoms with Crippen LogP contribution in [0.15, 0.2) is 71.6 Å². The second-order valence-electron chi connectivity index (χ2n) is 7.10. The van der Waals surface area contributed by atoms with Gasteiger partial charge in [-0.25, -0.2) is 4.79 Å². The minimum atomic E-state index is -1.11. The summed E-state index contributed by atoms with van der Waals surface area (Å²) in [5, 5.41) is 14.4. The number of carboxylic acid groups (broad SMARTS) is 1. The number of aryl methyl sites for hydroxylation is 1. The van der Waals surface area contributed by atoms with Crippen LogP contribution >= 0.6 is 23.4 Å². The van der Waals surface area contributed by atoms with Crippen LogP contribution in [0.1, 0.15) is 33.2 Å². The lowest BCUT2D eigenvalue weighted by atomic mass is 10.1. The molecule has 0 saturated carbocycles. The third-order valence-electron chi connectivity index (χ3n) is 4.53. The molecule has 3 aromatic carbocycles. The molecule has 0 heterocycles. The molecule has 1 atom stereocenters. The SMILES string of the molecule is Cc1cccc(C(=O)Nc2cccc(SC(C)C(=O)Nc3cc(C(=O)O)ccc3Cl)c2)c1. The highest BCUT2D eigenvalue weighted by Gasteiger charge is 2.17. The molecule has 0 aliphatic heterocycles. The zero-order chi connectivity index (χ0) is 23.3. The third-order valence-corrected chi connectivity index (χ3v) is 5.95. The molecule has 0 radical (unpaired) electrons. The predicted octanol–water partition coefficient (Wildman–Crippen LogP) is 5.72. The van der Waals surface area contributed by atoms with E-state index in [4.69, 9.17) is 16.7 Å². The summed E-state index contributed by atoms with van der Waals surface area (Å²) in [6.07, 6.45) is 0. The number of amides is 2. The van der Waals surface area contributed by atoms with Crippen molar-refractivity contribution in [1.29, 1.82) is 0 Å². The molecule has 6 nitrogen and oxygen atoms in total. The van der Waals surface area contributed by atoms with Gasteiger partial charge in [-0.15, -0.1) is 11.8 Å². The Kier molecular flexibility index (Phi) is 7.56. The average Bonchev–Trinajstić information content (AvgIpc) is 2.75. The largest absolute Gasteiger partial charge is 0.478 e. The fraction of sp³-hybridized carbons (Fsp3) is 0.125. The van der Waals surface area contributed by atoms with E-state index in [1.54, 1.807) is 31.2 Å². The van der Waals surface area contributed by atoms with Crippen molar-refractivity contribution < 1.29 is 19.5 Å². The maximum atomic E-state index is 12.6. The molecule has 164 valence electrons. The molecule has 32 heavy (non-hydrogen) atoms. The van der Waals surface area contributed by atoms with Gasteiger partial charge in [-0.2, -0.15) is 0 Å². The molecule has 1 unspecified atom stereocenters. The Labute approximate surface area is 195 Å². The molecule has 3 N–H and O–H groups in total. The Balaban J connectivity index is 1.66. The van der Waals surface area contributed by atoms with Crippen molar-refractivity contribution in [2.45, 2.75) is 24.0 Å². The first-order chi connectivity index (χ1) is 15.2. The molecule has 0 saturated heterocycles. The van der Waals surface area contributed by atoms with Gasteiger partial charge in [0.15, 0.2) is 0 Å². The second kappa shape index (κ2) is 10.3. The zero-order valence-corrected chi connectivity index (χ0v) is 19.0. The summed E-state index contributed by atoms with van der Waals surface area (Å²) in [5.41, 5.74) is 2.45. The number of benzene rings is 3. The van der Waals surface area contributed by atoms with Crippen molar-refractivity contribution in [2.75, 3.05) is 10.6 Å². The first kappa shape index (κ1) is 23.4. The summed E-state index contributed by atoms with van der Waals surface area (Å²) in [7, 11) is 0. The van der Waals surface area contributed by atoms with Crippen LogP contribution in [0.2, 0.25) is 5.02 Å². The number of carbonyl (C=O) groups is 3. The second-order valence-corrected chi connectivity index (χ2v) is 8.92. The third kappa shape index (κ3) is 6.12.